The lowest BCUT2D eigenvalue weighted by atomic mass is 9.97. The molecule has 9 heteroatoms. The number of fused-ring (bicyclic) bond motifs is 2. The summed E-state index contributed by atoms with van der Waals surface area (Å²) in [5.74, 6) is -1.73. The summed E-state index contributed by atoms with van der Waals surface area (Å²) in [6, 6.07) is 10.9. The quantitative estimate of drug-likeness (QED) is 0.611. The Labute approximate surface area is 160 Å². The van der Waals surface area contributed by atoms with Crippen LogP contribution in [0.5, 0.6) is 0 Å². The number of hydrogen-bond donors (Lipinski definition) is 1. The number of carboxylic acid groups (broad SMARTS) is 1. The molecule has 2 aliphatic heterocycles. The number of carboxylic acids is 1. The fraction of sp³-hybridized carbons (Fsp3) is 0.333. The highest BCUT2D eigenvalue weighted by Gasteiger charge is 2.65. The number of nitrogens with zero attached hydrogens (tertiary/aromatic N) is 1. The predicted molar refractivity (Wildman–Crippen MR) is 99.7 cm³/mol. The van der Waals surface area contributed by atoms with Crippen LogP contribution in [0.25, 0.3) is 10.8 Å². The van der Waals surface area contributed by atoms with E-state index in [0.29, 0.717) is 0 Å². The molecule has 27 heavy (non-hydrogen) atoms. The SMILES string of the molecule is CC1(C)S[C@@H]2[C@H](OS(=O)(=O)c3ccc4ccccc4c3)C(=O)N2[C@H]1C(=O)O. The number of β-lactam (4-membered cyclic amide) rings is 1. The molecule has 4 rings (SSSR count). The minimum atomic E-state index is -4.17. The van der Waals surface area contributed by atoms with E-state index in [1.165, 1.54) is 28.8 Å². The molecule has 7 nitrogen and oxygen atoms in total. The molecule has 0 saturated carbocycles. The monoisotopic (exact) mass is 407 g/mol. The van der Waals surface area contributed by atoms with Crippen LogP contribution in [-0.4, -0.2) is 52.6 Å². The Morgan fingerprint density at radius 2 is 1.85 bits per heavy atom. The Balaban J connectivity index is 1.60. The summed E-state index contributed by atoms with van der Waals surface area (Å²) < 4.78 is 29.8. The Morgan fingerprint density at radius 1 is 1.19 bits per heavy atom. The standard InChI is InChI=1S/C18H17NO6S2/c1-18(2)14(17(21)22)19-15(20)13(16(19)26-18)25-27(23,24)12-8-7-10-5-3-4-6-11(10)9-12/h3-9,13-14,16H,1-2H3,(H,21,22)/t13-,14+,16-/m1/s1. The number of hydrogen-bond acceptors (Lipinski definition) is 6. The Hall–Kier alpha value is -2.10. The van der Waals surface area contributed by atoms with E-state index < -0.39 is 44.3 Å². The molecule has 0 bridgehead atoms. The third-order valence-electron chi connectivity index (χ3n) is 4.87. The second-order valence-corrected chi connectivity index (χ2v) is 10.4. The van der Waals surface area contributed by atoms with Gasteiger partial charge in [-0.25, -0.2) is 8.98 Å². The topological polar surface area (TPSA) is 101 Å². The lowest BCUT2D eigenvalue weighted by molar-refractivity contribution is -0.167. The van der Waals surface area contributed by atoms with Crippen LogP contribution in [0.1, 0.15) is 13.8 Å². The summed E-state index contributed by atoms with van der Waals surface area (Å²) in [6.07, 6.45) is -1.21. The largest absolute Gasteiger partial charge is 0.480 e. The molecule has 2 aromatic carbocycles. The molecule has 3 atom stereocenters. The third kappa shape index (κ3) is 2.81. The molecule has 0 aromatic heterocycles. The number of carbonyl (C=O) groups excluding carboxylic acids is 1. The van der Waals surface area contributed by atoms with Gasteiger partial charge in [-0.15, -0.1) is 11.8 Å². The van der Waals surface area contributed by atoms with Crippen LogP contribution < -0.4 is 0 Å². The molecule has 0 radical (unpaired) electrons. The molecule has 1 amide bonds. The number of benzene rings is 2. The maximum Gasteiger partial charge on any atom is 0.327 e. The molecule has 2 heterocycles. The summed E-state index contributed by atoms with van der Waals surface area (Å²) in [7, 11) is -4.17. The highest BCUT2D eigenvalue weighted by atomic mass is 32.2. The first-order valence-electron chi connectivity index (χ1n) is 8.27. The zero-order valence-corrected chi connectivity index (χ0v) is 16.2. The van der Waals surface area contributed by atoms with E-state index in [4.69, 9.17) is 4.18 Å². The minimum absolute atomic E-state index is 0.0375. The number of aliphatic carboxylic acids is 1. The van der Waals surface area contributed by atoms with Crippen molar-refractivity contribution in [2.75, 3.05) is 0 Å². The van der Waals surface area contributed by atoms with Crippen molar-refractivity contribution < 1.29 is 27.3 Å². The minimum Gasteiger partial charge on any atom is -0.480 e. The molecule has 0 spiro atoms. The van der Waals surface area contributed by atoms with E-state index in [9.17, 15) is 23.1 Å². The molecular formula is C18H17NO6S2. The van der Waals surface area contributed by atoms with E-state index in [-0.39, 0.29) is 4.90 Å². The van der Waals surface area contributed by atoms with Crippen molar-refractivity contribution in [3.8, 4) is 0 Å². The normalized spacial score (nSPS) is 26.7. The van der Waals surface area contributed by atoms with Crippen LogP contribution in [0.4, 0.5) is 0 Å². The summed E-state index contributed by atoms with van der Waals surface area (Å²) in [4.78, 5) is 25.1. The average Bonchev–Trinajstić information content (AvgIpc) is 2.87. The lowest BCUT2D eigenvalue weighted by Crippen LogP contribution is -2.66. The maximum atomic E-state index is 12.7. The van der Waals surface area contributed by atoms with Gasteiger partial charge in [0.05, 0.1) is 4.90 Å². The number of rotatable bonds is 4. The van der Waals surface area contributed by atoms with Gasteiger partial charge in [-0.2, -0.15) is 8.42 Å². The van der Waals surface area contributed by atoms with Gasteiger partial charge in [0.1, 0.15) is 11.4 Å². The van der Waals surface area contributed by atoms with Crippen molar-refractivity contribution in [2.24, 2.45) is 0 Å². The number of carbonyl (C=O) groups is 2. The van der Waals surface area contributed by atoms with Crippen molar-refractivity contribution in [1.82, 2.24) is 4.90 Å². The van der Waals surface area contributed by atoms with Gasteiger partial charge >= 0.3 is 5.97 Å². The summed E-state index contributed by atoms with van der Waals surface area (Å²) in [5, 5.41) is 10.4. The molecule has 0 unspecified atom stereocenters. The number of amides is 1. The zero-order chi connectivity index (χ0) is 19.6. The van der Waals surface area contributed by atoms with Crippen LogP contribution >= 0.6 is 11.8 Å². The van der Waals surface area contributed by atoms with Crippen molar-refractivity contribution in [3.05, 3.63) is 42.5 Å². The summed E-state index contributed by atoms with van der Waals surface area (Å²) in [6.45, 7) is 3.44. The summed E-state index contributed by atoms with van der Waals surface area (Å²) in [5.41, 5.74) is 0. The van der Waals surface area contributed by atoms with Crippen molar-refractivity contribution >= 4 is 44.5 Å². The number of thioether (sulfide) groups is 1. The average molecular weight is 407 g/mol. The fourth-order valence-electron chi connectivity index (χ4n) is 3.58. The van der Waals surface area contributed by atoms with E-state index in [0.717, 1.165) is 10.8 Å². The Morgan fingerprint density at radius 3 is 2.52 bits per heavy atom. The first kappa shape index (κ1) is 18.3. The highest BCUT2D eigenvalue weighted by Crippen LogP contribution is 2.52. The predicted octanol–water partition coefficient (Wildman–Crippen LogP) is 2.06. The van der Waals surface area contributed by atoms with Gasteiger partial charge in [0, 0.05) is 4.75 Å². The zero-order valence-electron chi connectivity index (χ0n) is 14.5. The van der Waals surface area contributed by atoms with Crippen LogP contribution in [0.3, 0.4) is 0 Å². The van der Waals surface area contributed by atoms with Gasteiger partial charge in [0.2, 0.25) is 0 Å². The van der Waals surface area contributed by atoms with Gasteiger partial charge < -0.3 is 10.0 Å². The first-order valence-corrected chi connectivity index (χ1v) is 10.6. The van der Waals surface area contributed by atoms with Crippen molar-refractivity contribution in [3.63, 3.8) is 0 Å². The van der Waals surface area contributed by atoms with E-state index in [2.05, 4.69) is 0 Å². The highest BCUT2D eigenvalue weighted by molar-refractivity contribution is 8.01. The Bertz CT molecular complexity index is 1060. The van der Waals surface area contributed by atoms with Crippen molar-refractivity contribution in [2.45, 2.75) is 41.0 Å². The lowest BCUT2D eigenvalue weighted by Gasteiger charge is -2.42. The van der Waals surface area contributed by atoms with Crippen LogP contribution in [0, 0.1) is 0 Å². The molecule has 2 saturated heterocycles. The third-order valence-corrected chi connectivity index (χ3v) is 7.70. The van der Waals surface area contributed by atoms with Gasteiger partial charge in [-0.1, -0.05) is 30.3 Å². The van der Waals surface area contributed by atoms with E-state index in [1.54, 1.807) is 32.0 Å². The van der Waals surface area contributed by atoms with E-state index in [1.807, 2.05) is 12.1 Å². The van der Waals surface area contributed by atoms with Crippen LogP contribution in [-0.2, 0) is 23.9 Å². The van der Waals surface area contributed by atoms with E-state index >= 15 is 0 Å². The van der Waals surface area contributed by atoms with Gasteiger partial charge in [-0.05, 0) is 36.8 Å². The van der Waals surface area contributed by atoms with Crippen LogP contribution in [0.15, 0.2) is 47.4 Å². The maximum absolute atomic E-state index is 12.7. The smallest absolute Gasteiger partial charge is 0.327 e. The molecule has 2 aromatic rings. The van der Waals surface area contributed by atoms with Crippen LogP contribution in [0.2, 0.25) is 0 Å². The second-order valence-electron chi connectivity index (χ2n) is 7.08. The molecule has 2 fully saturated rings. The molecule has 142 valence electrons. The van der Waals surface area contributed by atoms with Gasteiger partial charge in [-0.3, -0.25) is 4.79 Å². The Kier molecular flexibility index (Phi) is 4.03. The fourth-order valence-corrected chi connectivity index (χ4v) is 6.33. The molecule has 0 aliphatic carbocycles. The molecular weight excluding hydrogens is 390 g/mol. The van der Waals surface area contributed by atoms with Gasteiger partial charge in [0.15, 0.2) is 6.10 Å². The van der Waals surface area contributed by atoms with Crippen molar-refractivity contribution in [1.29, 1.82) is 0 Å². The first-order chi connectivity index (χ1) is 12.6. The molecule has 1 N–H and O–H groups in total. The van der Waals surface area contributed by atoms with Gasteiger partial charge in [0.25, 0.3) is 16.0 Å². The second kappa shape index (κ2) is 5.95. The molecule has 2 aliphatic rings. The summed E-state index contributed by atoms with van der Waals surface area (Å²) >= 11 is 1.24.